The average Bonchev–Trinajstić information content (AvgIpc) is 2.80. The Kier molecular flexibility index (Phi) is 5.20. The molecule has 0 aliphatic rings. The summed E-state index contributed by atoms with van der Waals surface area (Å²) < 4.78 is 1.17. The minimum Gasteiger partial charge on any atom is -0.306 e. The first-order chi connectivity index (χ1) is 9.13. The minimum atomic E-state index is 0.304. The molecule has 1 aromatic carbocycles. The second-order valence-electron chi connectivity index (χ2n) is 4.83. The van der Waals surface area contributed by atoms with Gasteiger partial charge in [-0.15, -0.1) is 11.3 Å². The number of halogens is 1. The molecule has 0 amide bonds. The van der Waals surface area contributed by atoms with E-state index >= 15 is 0 Å². The minimum absolute atomic E-state index is 0.304. The third-order valence-electron chi connectivity index (χ3n) is 3.32. The van der Waals surface area contributed by atoms with Crippen LogP contribution in [0.15, 0.2) is 34.1 Å². The van der Waals surface area contributed by atoms with Gasteiger partial charge in [0, 0.05) is 9.35 Å². The Morgan fingerprint density at radius 3 is 2.63 bits per heavy atom. The SMILES string of the molecule is CCCNC(c1ccc(Br)c(C)c1)c1ccsc1C. The van der Waals surface area contributed by atoms with Crippen molar-refractivity contribution in [3.05, 3.63) is 55.7 Å². The Labute approximate surface area is 128 Å². The fourth-order valence-electron chi connectivity index (χ4n) is 2.24. The molecule has 0 spiro atoms. The number of nitrogens with one attached hydrogen (secondary N) is 1. The van der Waals surface area contributed by atoms with Crippen LogP contribution >= 0.6 is 27.3 Å². The van der Waals surface area contributed by atoms with Gasteiger partial charge in [-0.1, -0.05) is 35.0 Å². The highest BCUT2D eigenvalue weighted by Gasteiger charge is 2.16. The van der Waals surface area contributed by atoms with E-state index in [1.165, 1.54) is 26.0 Å². The molecule has 3 heteroatoms. The van der Waals surface area contributed by atoms with Gasteiger partial charge in [-0.2, -0.15) is 0 Å². The Morgan fingerprint density at radius 2 is 2.05 bits per heavy atom. The molecule has 1 N–H and O–H groups in total. The summed E-state index contributed by atoms with van der Waals surface area (Å²) in [6, 6.07) is 9.17. The fourth-order valence-corrected chi connectivity index (χ4v) is 3.23. The Balaban J connectivity index is 2.37. The maximum absolute atomic E-state index is 3.67. The van der Waals surface area contributed by atoms with E-state index < -0.39 is 0 Å². The number of hydrogen-bond donors (Lipinski definition) is 1. The van der Waals surface area contributed by atoms with Gasteiger partial charge in [0.2, 0.25) is 0 Å². The standard InChI is InChI=1S/C16H20BrNS/c1-4-8-18-16(14-7-9-19-12(14)3)13-5-6-15(17)11(2)10-13/h5-7,9-10,16,18H,4,8H2,1-3H3. The molecule has 1 nitrogen and oxygen atoms in total. The summed E-state index contributed by atoms with van der Waals surface area (Å²) in [6.07, 6.45) is 1.15. The third-order valence-corrected chi connectivity index (χ3v) is 5.07. The van der Waals surface area contributed by atoms with E-state index in [2.05, 4.69) is 71.7 Å². The second kappa shape index (κ2) is 6.69. The topological polar surface area (TPSA) is 12.0 Å². The first-order valence-electron chi connectivity index (χ1n) is 6.67. The highest BCUT2D eigenvalue weighted by Crippen LogP contribution is 2.30. The monoisotopic (exact) mass is 337 g/mol. The third kappa shape index (κ3) is 3.47. The highest BCUT2D eigenvalue weighted by atomic mass is 79.9. The zero-order chi connectivity index (χ0) is 13.8. The molecule has 0 aliphatic heterocycles. The number of benzene rings is 1. The molecular weight excluding hydrogens is 318 g/mol. The maximum atomic E-state index is 3.67. The van der Waals surface area contributed by atoms with Crippen LogP contribution in [-0.4, -0.2) is 6.54 Å². The van der Waals surface area contributed by atoms with Crippen LogP contribution in [0.3, 0.4) is 0 Å². The number of thiophene rings is 1. The van der Waals surface area contributed by atoms with Crippen molar-refractivity contribution < 1.29 is 0 Å². The quantitative estimate of drug-likeness (QED) is 0.788. The van der Waals surface area contributed by atoms with Crippen LogP contribution in [0.1, 0.15) is 41.0 Å². The van der Waals surface area contributed by atoms with Crippen LogP contribution in [0.5, 0.6) is 0 Å². The lowest BCUT2D eigenvalue weighted by molar-refractivity contribution is 0.598. The van der Waals surface area contributed by atoms with Gasteiger partial charge in [0.05, 0.1) is 6.04 Å². The summed E-state index contributed by atoms with van der Waals surface area (Å²) in [6.45, 7) is 7.59. The van der Waals surface area contributed by atoms with Crippen LogP contribution in [0.25, 0.3) is 0 Å². The van der Waals surface area contributed by atoms with Crippen LogP contribution in [-0.2, 0) is 0 Å². The van der Waals surface area contributed by atoms with Crippen molar-refractivity contribution in [2.45, 2.75) is 33.2 Å². The smallest absolute Gasteiger partial charge is 0.0587 e. The Morgan fingerprint density at radius 1 is 1.26 bits per heavy atom. The van der Waals surface area contributed by atoms with E-state index in [9.17, 15) is 0 Å². The van der Waals surface area contributed by atoms with Crippen molar-refractivity contribution in [1.29, 1.82) is 0 Å². The van der Waals surface area contributed by atoms with E-state index in [0.29, 0.717) is 6.04 Å². The highest BCUT2D eigenvalue weighted by molar-refractivity contribution is 9.10. The van der Waals surface area contributed by atoms with Crippen molar-refractivity contribution in [3.63, 3.8) is 0 Å². The van der Waals surface area contributed by atoms with E-state index in [0.717, 1.165) is 13.0 Å². The van der Waals surface area contributed by atoms with Gasteiger partial charge in [0.15, 0.2) is 0 Å². The summed E-state index contributed by atoms with van der Waals surface area (Å²) in [7, 11) is 0. The van der Waals surface area contributed by atoms with Gasteiger partial charge in [-0.3, -0.25) is 0 Å². The molecule has 19 heavy (non-hydrogen) atoms. The zero-order valence-electron chi connectivity index (χ0n) is 11.7. The van der Waals surface area contributed by atoms with Crippen LogP contribution in [0, 0.1) is 13.8 Å². The van der Waals surface area contributed by atoms with E-state index in [-0.39, 0.29) is 0 Å². The predicted molar refractivity (Wildman–Crippen MR) is 88.1 cm³/mol. The summed E-state index contributed by atoms with van der Waals surface area (Å²) in [5.74, 6) is 0. The van der Waals surface area contributed by atoms with Gasteiger partial charge in [0.25, 0.3) is 0 Å². The Hall–Kier alpha value is -0.640. The summed E-state index contributed by atoms with van der Waals surface area (Å²) in [5, 5.41) is 5.84. The van der Waals surface area contributed by atoms with Crippen LogP contribution < -0.4 is 5.32 Å². The van der Waals surface area contributed by atoms with Crippen molar-refractivity contribution in [3.8, 4) is 0 Å². The predicted octanol–water partition coefficient (Wildman–Crippen LogP) is 5.22. The maximum Gasteiger partial charge on any atom is 0.0587 e. The fraction of sp³-hybridized carbons (Fsp3) is 0.375. The molecule has 2 rings (SSSR count). The van der Waals surface area contributed by atoms with Crippen molar-refractivity contribution in [2.24, 2.45) is 0 Å². The molecule has 0 saturated carbocycles. The summed E-state index contributed by atoms with van der Waals surface area (Å²) in [5.41, 5.74) is 4.03. The van der Waals surface area contributed by atoms with E-state index in [4.69, 9.17) is 0 Å². The van der Waals surface area contributed by atoms with E-state index in [1.807, 2.05) is 11.3 Å². The number of hydrogen-bond acceptors (Lipinski definition) is 2. The lowest BCUT2D eigenvalue weighted by atomic mass is 9.98. The first kappa shape index (κ1) is 14.8. The van der Waals surface area contributed by atoms with Gasteiger partial charge in [-0.25, -0.2) is 0 Å². The van der Waals surface area contributed by atoms with Crippen molar-refractivity contribution in [2.75, 3.05) is 6.54 Å². The van der Waals surface area contributed by atoms with E-state index in [1.54, 1.807) is 0 Å². The van der Waals surface area contributed by atoms with Gasteiger partial charge >= 0.3 is 0 Å². The molecule has 0 bridgehead atoms. The molecule has 1 heterocycles. The molecule has 102 valence electrons. The summed E-state index contributed by atoms with van der Waals surface area (Å²) in [4.78, 5) is 1.40. The number of aryl methyl sites for hydroxylation is 2. The van der Waals surface area contributed by atoms with Crippen LogP contribution in [0.4, 0.5) is 0 Å². The molecule has 1 atom stereocenters. The molecule has 1 unspecified atom stereocenters. The molecular formula is C16H20BrNS. The molecule has 0 fully saturated rings. The normalized spacial score (nSPS) is 12.6. The zero-order valence-corrected chi connectivity index (χ0v) is 14.1. The average molecular weight is 338 g/mol. The van der Waals surface area contributed by atoms with Crippen molar-refractivity contribution in [1.82, 2.24) is 5.32 Å². The summed E-state index contributed by atoms with van der Waals surface area (Å²) >= 11 is 5.39. The molecule has 0 aliphatic carbocycles. The lowest BCUT2D eigenvalue weighted by Gasteiger charge is -2.20. The molecule has 0 radical (unpaired) electrons. The molecule has 2 aromatic rings. The van der Waals surface area contributed by atoms with Crippen LogP contribution in [0.2, 0.25) is 0 Å². The lowest BCUT2D eigenvalue weighted by Crippen LogP contribution is -2.23. The molecule has 1 aromatic heterocycles. The van der Waals surface area contributed by atoms with Gasteiger partial charge in [-0.05, 0) is 61.0 Å². The largest absolute Gasteiger partial charge is 0.306 e. The van der Waals surface area contributed by atoms with Gasteiger partial charge in [0.1, 0.15) is 0 Å². The first-order valence-corrected chi connectivity index (χ1v) is 8.34. The Bertz CT molecular complexity index is 547. The number of rotatable bonds is 5. The molecule has 0 saturated heterocycles. The second-order valence-corrected chi connectivity index (χ2v) is 6.80. The van der Waals surface area contributed by atoms with Gasteiger partial charge < -0.3 is 5.32 Å². The van der Waals surface area contributed by atoms with Crippen molar-refractivity contribution >= 4 is 27.3 Å².